The highest BCUT2D eigenvalue weighted by Gasteiger charge is 2.41. The minimum absolute atomic E-state index is 0.0525. The second-order valence-electron chi connectivity index (χ2n) is 7.97. The molecule has 1 aliphatic rings. The lowest BCUT2D eigenvalue weighted by atomic mass is 10.1. The molecule has 0 aromatic heterocycles. The number of fused-ring (bicyclic) bond motifs is 1. The third-order valence-electron chi connectivity index (χ3n) is 5.23. The number of amides is 3. The van der Waals surface area contributed by atoms with Crippen LogP contribution in [0.5, 0.6) is 0 Å². The molecular formula is C23H27N3O5S. The first kappa shape index (κ1) is 23.5. The van der Waals surface area contributed by atoms with Crippen LogP contribution in [-0.4, -0.2) is 54.0 Å². The Balaban J connectivity index is 1.78. The lowest BCUT2D eigenvalue weighted by molar-refractivity contribution is -0.140. The summed E-state index contributed by atoms with van der Waals surface area (Å²) in [4.78, 5) is 39.7. The molecule has 1 heterocycles. The van der Waals surface area contributed by atoms with Gasteiger partial charge >= 0.3 is 0 Å². The average Bonchev–Trinajstić information content (AvgIpc) is 2.95. The van der Waals surface area contributed by atoms with Gasteiger partial charge in [-0.2, -0.15) is 0 Å². The topological polar surface area (TPSA) is 104 Å². The van der Waals surface area contributed by atoms with E-state index in [1.54, 1.807) is 19.1 Å². The van der Waals surface area contributed by atoms with Gasteiger partial charge in [0, 0.05) is 25.6 Å². The molecule has 170 valence electrons. The third-order valence-corrected chi connectivity index (χ3v) is 7.08. The van der Waals surface area contributed by atoms with Crippen molar-refractivity contribution in [2.45, 2.75) is 50.7 Å². The first-order valence-electron chi connectivity index (χ1n) is 10.4. The number of hydrogen-bond acceptors (Lipinski definition) is 5. The number of nitrogens with zero attached hydrogens (tertiary/aromatic N) is 2. The zero-order chi connectivity index (χ0) is 23.5. The van der Waals surface area contributed by atoms with Crippen LogP contribution in [0.2, 0.25) is 0 Å². The zero-order valence-electron chi connectivity index (χ0n) is 18.3. The highest BCUT2D eigenvalue weighted by Crippen LogP contribution is 2.30. The van der Waals surface area contributed by atoms with E-state index in [1.165, 1.54) is 17.0 Å². The predicted octanol–water partition coefficient (Wildman–Crippen LogP) is 2.16. The Labute approximate surface area is 188 Å². The molecule has 0 radical (unpaired) electrons. The van der Waals surface area contributed by atoms with E-state index < -0.39 is 27.9 Å². The summed E-state index contributed by atoms with van der Waals surface area (Å²) in [6.45, 7) is 5.18. The maximum Gasteiger partial charge on any atom is 0.269 e. The van der Waals surface area contributed by atoms with Crippen LogP contribution in [0.25, 0.3) is 0 Å². The highest BCUT2D eigenvalue weighted by atomic mass is 32.2. The quantitative estimate of drug-likeness (QED) is 0.654. The van der Waals surface area contributed by atoms with Crippen LogP contribution in [-0.2, 0) is 26.2 Å². The van der Waals surface area contributed by atoms with Gasteiger partial charge in [-0.3, -0.25) is 14.4 Å². The van der Waals surface area contributed by atoms with Crippen molar-refractivity contribution in [3.8, 4) is 0 Å². The normalized spacial score (nSPS) is 15.4. The van der Waals surface area contributed by atoms with Gasteiger partial charge in [-0.25, -0.2) is 12.7 Å². The van der Waals surface area contributed by atoms with E-state index in [2.05, 4.69) is 5.32 Å². The fourth-order valence-electron chi connectivity index (χ4n) is 3.56. The van der Waals surface area contributed by atoms with Crippen LogP contribution in [0.3, 0.4) is 0 Å². The van der Waals surface area contributed by atoms with E-state index in [1.807, 2.05) is 44.2 Å². The molecule has 0 fully saturated rings. The summed E-state index contributed by atoms with van der Waals surface area (Å²) in [6, 6.07) is 14.3. The number of carbonyl (C=O) groups is 3. The van der Waals surface area contributed by atoms with Gasteiger partial charge in [-0.05, 0) is 38.5 Å². The summed E-state index contributed by atoms with van der Waals surface area (Å²) >= 11 is 0. The second kappa shape index (κ2) is 9.52. The lowest BCUT2D eigenvalue weighted by Crippen LogP contribution is -2.49. The molecule has 3 rings (SSSR count). The van der Waals surface area contributed by atoms with Gasteiger partial charge < -0.3 is 10.2 Å². The molecule has 3 amide bonds. The minimum atomic E-state index is -3.99. The maximum absolute atomic E-state index is 13.1. The average molecular weight is 458 g/mol. The number of rotatable bonds is 8. The van der Waals surface area contributed by atoms with Crippen molar-refractivity contribution >= 4 is 27.7 Å². The first-order valence-corrected chi connectivity index (χ1v) is 11.9. The Kier molecular flexibility index (Phi) is 6.98. The van der Waals surface area contributed by atoms with Gasteiger partial charge in [0.25, 0.3) is 15.9 Å². The van der Waals surface area contributed by atoms with E-state index in [0.29, 0.717) is 0 Å². The van der Waals surface area contributed by atoms with Crippen LogP contribution in [0.4, 0.5) is 0 Å². The molecule has 8 nitrogen and oxygen atoms in total. The summed E-state index contributed by atoms with van der Waals surface area (Å²) < 4.78 is 26.2. The van der Waals surface area contributed by atoms with Crippen LogP contribution in [0.15, 0.2) is 59.5 Å². The smallest absolute Gasteiger partial charge is 0.269 e. The van der Waals surface area contributed by atoms with E-state index in [-0.39, 0.29) is 41.9 Å². The highest BCUT2D eigenvalue weighted by molar-refractivity contribution is 7.90. The molecule has 2 aromatic carbocycles. The van der Waals surface area contributed by atoms with E-state index >= 15 is 0 Å². The van der Waals surface area contributed by atoms with Crippen LogP contribution in [0, 0.1) is 0 Å². The molecule has 0 spiro atoms. The molecule has 9 heteroatoms. The molecule has 1 unspecified atom stereocenters. The van der Waals surface area contributed by atoms with Crippen molar-refractivity contribution in [1.29, 1.82) is 0 Å². The standard InChI is InChI=1S/C23H27N3O5S/c1-16(2)24-22(28)17(3)25(15-18-9-5-4-6-10-18)21(27)13-14-26-23(29)19-11-7-8-12-20(19)32(26,30)31/h4-12,16-17H,13-15H2,1-3H3,(H,24,28). The summed E-state index contributed by atoms with van der Waals surface area (Å²) in [7, 11) is -3.99. The Bertz CT molecular complexity index is 1120. The lowest BCUT2D eigenvalue weighted by Gasteiger charge is -2.30. The maximum atomic E-state index is 13.1. The molecule has 1 aliphatic heterocycles. The Hall–Kier alpha value is -3.20. The fourth-order valence-corrected chi connectivity index (χ4v) is 5.13. The van der Waals surface area contributed by atoms with Crippen molar-refractivity contribution in [1.82, 2.24) is 14.5 Å². The summed E-state index contributed by atoms with van der Waals surface area (Å²) in [5.41, 5.74) is 0.938. The van der Waals surface area contributed by atoms with Gasteiger partial charge in [0.1, 0.15) is 10.9 Å². The first-order chi connectivity index (χ1) is 15.1. The van der Waals surface area contributed by atoms with Crippen LogP contribution < -0.4 is 5.32 Å². The molecule has 1 N–H and O–H groups in total. The Morgan fingerprint density at radius 3 is 2.25 bits per heavy atom. The molecule has 0 aliphatic carbocycles. The molecule has 2 aromatic rings. The number of sulfonamides is 1. The number of carbonyl (C=O) groups excluding carboxylic acids is 3. The zero-order valence-corrected chi connectivity index (χ0v) is 19.1. The Morgan fingerprint density at radius 1 is 1.00 bits per heavy atom. The van der Waals surface area contributed by atoms with E-state index in [4.69, 9.17) is 0 Å². The fraction of sp³-hybridized carbons (Fsp3) is 0.348. The molecule has 1 atom stereocenters. The Morgan fingerprint density at radius 2 is 1.62 bits per heavy atom. The minimum Gasteiger partial charge on any atom is -0.352 e. The monoisotopic (exact) mass is 457 g/mol. The van der Waals surface area contributed by atoms with Gasteiger partial charge in [-0.15, -0.1) is 0 Å². The SMILES string of the molecule is CC(C)NC(=O)C(C)N(Cc1ccccc1)C(=O)CCN1C(=O)c2ccccc2S1(=O)=O. The third kappa shape index (κ3) is 4.83. The van der Waals surface area contributed by atoms with Crippen molar-refractivity contribution in [2.24, 2.45) is 0 Å². The second-order valence-corrected chi connectivity index (χ2v) is 9.81. The summed E-state index contributed by atoms with van der Waals surface area (Å²) in [5, 5.41) is 2.80. The van der Waals surface area contributed by atoms with Crippen LogP contribution >= 0.6 is 0 Å². The van der Waals surface area contributed by atoms with Gasteiger partial charge in [0.2, 0.25) is 11.8 Å². The van der Waals surface area contributed by atoms with Crippen molar-refractivity contribution < 1.29 is 22.8 Å². The molecule has 0 bridgehead atoms. The number of hydrogen-bond donors (Lipinski definition) is 1. The van der Waals surface area contributed by atoms with Crippen LogP contribution in [0.1, 0.15) is 43.1 Å². The van der Waals surface area contributed by atoms with Crippen molar-refractivity contribution in [3.63, 3.8) is 0 Å². The molecular weight excluding hydrogens is 430 g/mol. The summed E-state index contributed by atoms with van der Waals surface area (Å²) in [5.74, 6) is -1.37. The van der Waals surface area contributed by atoms with Gasteiger partial charge in [0.15, 0.2) is 0 Å². The van der Waals surface area contributed by atoms with Crippen molar-refractivity contribution in [2.75, 3.05) is 6.54 Å². The molecule has 0 saturated heterocycles. The van der Waals surface area contributed by atoms with Gasteiger partial charge in [-0.1, -0.05) is 42.5 Å². The largest absolute Gasteiger partial charge is 0.352 e. The number of nitrogens with one attached hydrogen (secondary N) is 1. The summed E-state index contributed by atoms with van der Waals surface area (Å²) in [6.07, 6.45) is -0.231. The number of benzene rings is 2. The van der Waals surface area contributed by atoms with E-state index in [0.717, 1.165) is 9.87 Å². The molecule has 32 heavy (non-hydrogen) atoms. The van der Waals surface area contributed by atoms with Crippen molar-refractivity contribution in [3.05, 3.63) is 65.7 Å². The predicted molar refractivity (Wildman–Crippen MR) is 119 cm³/mol. The van der Waals surface area contributed by atoms with Gasteiger partial charge in [0.05, 0.1) is 5.56 Å². The van der Waals surface area contributed by atoms with E-state index in [9.17, 15) is 22.8 Å². The molecule has 0 saturated carbocycles.